The maximum atomic E-state index is 4.54. The highest BCUT2D eigenvalue weighted by atomic mass is 14.9. The third kappa shape index (κ3) is 3.99. The van der Waals surface area contributed by atoms with Crippen LogP contribution in [0.3, 0.4) is 0 Å². The second-order valence-corrected chi connectivity index (χ2v) is 4.12. The number of hydrogen-bond donors (Lipinski definition) is 0. The second kappa shape index (κ2) is 6.79. The Kier molecular flexibility index (Phi) is 5.34. The average Bonchev–Trinajstić information content (AvgIpc) is 2.35. The molecule has 2 heteroatoms. The molecule has 0 aromatic carbocycles. The van der Waals surface area contributed by atoms with E-state index in [4.69, 9.17) is 0 Å². The molecule has 0 unspecified atom stereocenters. The molecule has 1 rings (SSSR count). The van der Waals surface area contributed by atoms with Crippen molar-refractivity contribution in [2.75, 3.05) is 0 Å². The fraction of sp³-hybridized carbons (Fsp3) is 0.333. The summed E-state index contributed by atoms with van der Waals surface area (Å²) in [7, 11) is 0. The predicted molar refractivity (Wildman–Crippen MR) is 73.7 cm³/mol. The van der Waals surface area contributed by atoms with Crippen molar-refractivity contribution in [3.05, 3.63) is 54.7 Å². The maximum Gasteiger partial charge on any atom is 0.131 e. The minimum Gasteiger partial charge on any atom is -0.241 e. The highest BCUT2D eigenvalue weighted by Gasteiger charge is 2.04. The van der Waals surface area contributed by atoms with Crippen molar-refractivity contribution in [2.24, 2.45) is 0 Å². The number of nitrogens with zero attached hydrogens (tertiary/aromatic N) is 2. The maximum absolute atomic E-state index is 4.54. The van der Waals surface area contributed by atoms with Crippen molar-refractivity contribution in [3.63, 3.8) is 0 Å². The summed E-state index contributed by atoms with van der Waals surface area (Å²) in [5.74, 6) is 1.21. The van der Waals surface area contributed by atoms with Crippen LogP contribution < -0.4 is 0 Å². The number of hydrogen-bond acceptors (Lipinski definition) is 2. The van der Waals surface area contributed by atoms with Gasteiger partial charge in [-0.3, -0.25) is 0 Å². The van der Waals surface area contributed by atoms with Gasteiger partial charge in [0, 0.05) is 12.1 Å². The summed E-state index contributed by atoms with van der Waals surface area (Å²) in [6.07, 6.45) is 10.8. The van der Waals surface area contributed by atoms with Gasteiger partial charge >= 0.3 is 0 Å². The van der Waals surface area contributed by atoms with Crippen LogP contribution >= 0.6 is 0 Å². The summed E-state index contributed by atoms with van der Waals surface area (Å²) >= 11 is 0. The molecule has 0 radical (unpaired) electrons. The van der Waals surface area contributed by atoms with Gasteiger partial charge in [-0.25, -0.2) is 9.97 Å². The first-order valence-corrected chi connectivity index (χ1v) is 6.01. The van der Waals surface area contributed by atoms with Crippen LogP contribution in [-0.4, -0.2) is 9.97 Å². The molecule has 0 aliphatic heterocycles. The predicted octanol–water partition coefficient (Wildman–Crippen LogP) is 4.14. The largest absolute Gasteiger partial charge is 0.241 e. The lowest BCUT2D eigenvalue weighted by atomic mass is 10.1. The van der Waals surface area contributed by atoms with E-state index in [2.05, 4.69) is 43.4 Å². The Balaban J connectivity index is 3.04. The average molecular weight is 228 g/mol. The first-order chi connectivity index (χ1) is 8.19. The summed E-state index contributed by atoms with van der Waals surface area (Å²) in [4.78, 5) is 8.80. The number of rotatable bonds is 5. The van der Waals surface area contributed by atoms with Crippen molar-refractivity contribution >= 4 is 5.57 Å². The SMILES string of the molecule is C=C/C(=C\C=C/CC)c1ccnc(C(C)C)n1. The van der Waals surface area contributed by atoms with Crippen LogP contribution in [-0.2, 0) is 0 Å². The smallest absolute Gasteiger partial charge is 0.131 e. The van der Waals surface area contributed by atoms with Crippen molar-refractivity contribution in [1.29, 1.82) is 0 Å². The highest BCUT2D eigenvalue weighted by molar-refractivity contribution is 5.72. The minimum absolute atomic E-state index is 0.340. The van der Waals surface area contributed by atoms with E-state index in [1.54, 1.807) is 6.20 Å². The zero-order valence-corrected chi connectivity index (χ0v) is 10.9. The number of allylic oxidation sites excluding steroid dienone is 5. The Hall–Kier alpha value is -1.70. The summed E-state index contributed by atoms with van der Waals surface area (Å²) in [5, 5.41) is 0. The Bertz CT molecular complexity index is 428. The fourth-order valence-electron chi connectivity index (χ4n) is 1.38. The fourth-order valence-corrected chi connectivity index (χ4v) is 1.38. The Labute approximate surface area is 104 Å². The lowest BCUT2D eigenvalue weighted by Gasteiger charge is -2.06. The van der Waals surface area contributed by atoms with E-state index >= 15 is 0 Å². The Morgan fingerprint density at radius 1 is 1.47 bits per heavy atom. The van der Waals surface area contributed by atoms with Crippen LogP contribution in [0.4, 0.5) is 0 Å². The van der Waals surface area contributed by atoms with E-state index in [1.165, 1.54) is 0 Å². The zero-order chi connectivity index (χ0) is 12.7. The van der Waals surface area contributed by atoms with Gasteiger partial charge in [0.1, 0.15) is 5.82 Å². The van der Waals surface area contributed by atoms with E-state index in [0.29, 0.717) is 5.92 Å². The van der Waals surface area contributed by atoms with Gasteiger partial charge in [-0.1, -0.05) is 51.7 Å². The molecule has 0 saturated heterocycles. The van der Waals surface area contributed by atoms with Crippen LogP contribution in [0.2, 0.25) is 0 Å². The summed E-state index contributed by atoms with van der Waals surface area (Å²) < 4.78 is 0. The van der Waals surface area contributed by atoms with Crippen LogP contribution in [0.15, 0.2) is 43.1 Å². The zero-order valence-electron chi connectivity index (χ0n) is 10.9. The van der Waals surface area contributed by atoms with Crippen molar-refractivity contribution in [2.45, 2.75) is 33.1 Å². The molecule has 90 valence electrons. The standard InChI is InChI=1S/C15H20N2/c1-5-7-8-9-13(6-2)14-10-11-16-15(17-14)12(3)4/h6-12H,2,5H2,1,3-4H3/b8-7-,13-9+. The van der Waals surface area contributed by atoms with Gasteiger partial charge in [0.2, 0.25) is 0 Å². The van der Waals surface area contributed by atoms with Crippen molar-refractivity contribution < 1.29 is 0 Å². The van der Waals surface area contributed by atoms with Crippen LogP contribution in [0, 0.1) is 0 Å². The summed E-state index contributed by atoms with van der Waals surface area (Å²) in [6, 6.07) is 1.92. The van der Waals surface area contributed by atoms with Gasteiger partial charge in [0.25, 0.3) is 0 Å². The van der Waals surface area contributed by atoms with Crippen LogP contribution in [0.5, 0.6) is 0 Å². The van der Waals surface area contributed by atoms with E-state index in [1.807, 2.05) is 24.3 Å². The van der Waals surface area contributed by atoms with E-state index in [0.717, 1.165) is 23.5 Å². The van der Waals surface area contributed by atoms with Crippen LogP contribution in [0.1, 0.15) is 44.6 Å². The lowest BCUT2D eigenvalue weighted by molar-refractivity contribution is 0.771. The molecule has 0 fully saturated rings. The minimum atomic E-state index is 0.340. The molecule has 0 saturated carbocycles. The van der Waals surface area contributed by atoms with Crippen molar-refractivity contribution in [1.82, 2.24) is 9.97 Å². The molecule has 1 aromatic rings. The molecule has 0 amide bonds. The van der Waals surface area contributed by atoms with Gasteiger partial charge < -0.3 is 0 Å². The molecule has 1 aromatic heterocycles. The second-order valence-electron chi connectivity index (χ2n) is 4.12. The molecule has 0 aliphatic carbocycles. The lowest BCUT2D eigenvalue weighted by Crippen LogP contribution is -1.99. The molecular formula is C15H20N2. The van der Waals surface area contributed by atoms with E-state index in [-0.39, 0.29) is 0 Å². The topological polar surface area (TPSA) is 25.8 Å². The quantitative estimate of drug-likeness (QED) is 0.708. The van der Waals surface area contributed by atoms with E-state index < -0.39 is 0 Å². The normalized spacial score (nSPS) is 12.4. The third-order valence-electron chi connectivity index (χ3n) is 2.35. The van der Waals surface area contributed by atoms with Gasteiger partial charge in [0.15, 0.2) is 0 Å². The van der Waals surface area contributed by atoms with Gasteiger partial charge in [0.05, 0.1) is 5.69 Å². The molecule has 0 atom stereocenters. The third-order valence-corrected chi connectivity index (χ3v) is 2.35. The molecule has 0 spiro atoms. The first-order valence-electron chi connectivity index (χ1n) is 6.01. The monoisotopic (exact) mass is 228 g/mol. The molecule has 0 N–H and O–H groups in total. The molecule has 1 heterocycles. The summed E-state index contributed by atoms with van der Waals surface area (Å²) in [6.45, 7) is 10.1. The first kappa shape index (κ1) is 13.4. The molecule has 2 nitrogen and oxygen atoms in total. The summed E-state index contributed by atoms with van der Waals surface area (Å²) in [5.41, 5.74) is 1.96. The molecular weight excluding hydrogens is 208 g/mol. The molecule has 0 aliphatic rings. The highest BCUT2D eigenvalue weighted by Crippen LogP contribution is 2.15. The Morgan fingerprint density at radius 2 is 2.24 bits per heavy atom. The van der Waals surface area contributed by atoms with Crippen LogP contribution in [0.25, 0.3) is 5.57 Å². The Morgan fingerprint density at radius 3 is 2.82 bits per heavy atom. The van der Waals surface area contributed by atoms with Gasteiger partial charge in [-0.05, 0) is 18.1 Å². The van der Waals surface area contributed by atoms with E-state index in [9.17, 15) is 0 Å². The van der Waals surface area contributed by atoms with Crippen molar-refractivity contribution in [3.8, 4) is 0 Å². The van der Waals surface area contributed by atoms with Gasteiger partial charge in [-0.2, -0.15) is 0 Å². The molecule has 0 bridgehead atoms. The molecule has 17 heavy (non-hydrogen) atoms. The van der Waals surface area contributed by atoms with Gasteiger partial charge in [-0.15, -0.1) is 0 Å². The number of aromatic nitrogens is 2.